The van der Waals surface area contributed by atoms with Crippen LogP contribution < -0.4 is 4.74 Å². The van der Waals surface area contributed by atoms with E-state index in [1.165, 1.54) is 24.3 Å². The van der Waals surface area contributed by atoms with Crippen molar-refractivity contribution in [2.24, 2.45) is 0 Å². The molecule has 0 saturated carbocycles. The molecule has 108 valence electrons. The smallest absolute Gasteiger partial charge is 0.168 e. The second-order valence-electron chi connectivity index (χ2n) is 5.08. The minimum atomic E-state index is -1.20. The SMILES string of the molecule is CC1(O)COc2c1cc(C=O)nc2-c1ccc(F)c(Cl)c1. The van der Waals surface area contributed by atoms with Gasteiger partial charge in [0.05, 0.1) is 5.02 Å². The first-order valence-electron chi connectivity index (χ1n) is 6.23. The van der Waals surface area contributed by atoms with Crippen LogP contribution in [0.25, 0.3) is 11.3 Å². The number of fused-ring (bicyclic) bond motifs is 1. The summed E-state index contributed by atoms with van der Waals surface area (Å²) in [5.41, 5.74) is 0.313. The topological polar surface area (TPSA) is 59.4 Å². The Bertz CT molecular complexity index is 746. The van der Waals surface area contributed by atoms with E-state index >= 15 is 0 Å². The first-order valence-corrected chi connectivity index (χ1v) is 6.61. The van der Waals surface area contributed by atoms with E-state index in [9.17, 15) is 14.3 Å². The molecule has 0 spiro atoms. The maximum absolute atomic E-state index is 13.3. The molecule has 1 atom stereocenters. The van der Waals surface area contributed by atoms with Crippen molar-refractivity contribution in [1.29, 1.82) is 0 Å². The zero-order valence-corrected chi connectivity index (χ0v) is 11.8. The molecule has 1 aliphatic rings. The highest BCUT2D eigenvalue weighted by molar-refractivity contribution is 6.31. The summed E-state index contributed by atoms with van der Waals surface area (Å²) in [4.78, 5) is 15.2. The first kappa shape index (κ1) is 14.0. The fourth-order valence-electron chi connectivity index (χ4n) is 2.29. The summed E-state index contributed by atoms with van der Waals surface area (Å²) in [6.07, 6.45) is 0.587. The molecule has 2 heterocycles. The van der Waals surface area contributed by atoms with Crippen LogP contribution in [-0.2, 0) is 5.60 Å². The molecule has 0 fully saturated rings. The number of hydrogen-bond donors (Lipinski definition) is 1. The van der Waals surface area contributed by atoms with Crippen LogP contribution >= 0.6 is 11.6 Å². The summed E-state index contributed by atoms with van der Waals surface area (Å²) < 4.78 is 18.8. The molecule has 1 aliphatic heterocycles. The summed E-state index contributed by atoms with van der Waals surface area (Å²) in [5.74, 6) is -0.162. The highest BCUT2D eigenvalue weighted by Crippen LogP contribution is 2.43. The molecular formula is C15H11ClFNO3. The fourth-order valence-corrected chi connectivity index (χ4v) is 2.47. The van der Waals surface area contributed by atoms with E-state index in [0.29, 0.717) is 28.9 Å². The molecule has 0 radical (unpaired) electrons. The number of carbonyl (C=O) groups is 1. The average molecular weight is 308 g/mol. The van der Waals surface area contributed by atoms with E-state index < -0.39 is 11.4 Å². The van der Waals surface area contributed by atoms with Gasteiger partial charge in [-0.15, -0.1) is 0 Å². The lowest BCUT2D eigenvalue weighted by molar-refractivity contribution is 0.0350. The number of benzene rings is 1. The Morgan fingerprint density at radius 1 is 1.48 bits per heavy atom. The van der Waals surface area contributed by atoms with Crippen LogP contribution in [0.2, 0.25) is 5.02 Å². The third-order valence-corrected chi connectivity index (χ3v) is 3.67. The standard InChI is InChI=1S/C15H11ClFNO3/c1-15(20)7-21-14-10(15)5-9(6-19)18-13(14)8-2-3-12(17)11(16)4-8/h2-6,20H,7H2,1H3. The lowest BCUT2D eigenvalue weighted by atomic mass is 9.96. The average Bonchev–Trinajstić information content (AvgIpc) is 2.77. The Balaban J connectivity index is 2.25. The minimum absolute atomic E-state index is 0.0516. The summed E-state index contributed by atoms with van der Waals surface area (Å²) >= 11 is 5.78. The van der Waals surface area contributed by atoms with E-state index in [2.05, 4.69) is 4.98 Å². The van der Waals surface area contributed by atoms with Crippen LogP contribution in [0.4, 0.5) is 4.39 Å². The molecule has 0 amide bonds. The largest absolute Gasteiger partial charge is 0.488 e. The number of ether oxygens (including phenoxy) is 1. The van der Waals surface area contributed by atoms with Crippen molar-refractivity contribution in [1.82, 2.24) is 4.98 Å². The van der Waals surface area contributed by atoms with Crippen molar-refractivity contribution in [3.05, 3.63) is 46.4 Å². The van der Waals surface area contributed by atoms with Gasteiger partial charge in [0.15, 0.2) is 12.0 Å². The van der Waals surface area contributed by atoms with Crippen LogP contribution in [0.15, 0.2) is 24.3 Å². The minimum Gasteiger partial charge on any atom is -0.488 e. The van der Waals surface area contributed by atoms with Gasteiger partial charge in [-0.2, -0.15) is 0 Å². The molecule has 1 aromatic carbocycles. The lowest BCUT2D eigenvalue weighted by Gasteiger charge is -2.14. The van der Waals surface area contributed by atoms with E-state index in [4.69, 9.17) is 16.3 Å². The van der Waals surface area contributed by atoms with Crippen molar-refractivity contribution >= 4 is 17.9 Å². The number of carbonyl (C=O) groups excluding carboxylic acids is 1. The van der Waals surface area contributed by atoms with Gasteiger partial charge in [-0.3, -0.25) is 4.79 Å². The number of pyridine rings is 1. The maximum Gasteiger partial charge on any atom is 0.168 e. The van der Waals surface area contributed by atoms with Gasteiger partial charge in [0.25, 0.3) is 0 Å². The van der Waals surface area contributed by atoms with Crippen LogP contribution in [0.5, 0.6) is 5.75 Å². The number of nitrogens with zero attached hydrogens (tertiary/aromatic N) is 1. The fraction of sp³-hybridized carbons (Fsp3) is 0.200. The number of aldehydes is 1. The molecule has 0 bridgehead atoms. The van der Waals surface area contributed by atoms with Crippen molar-refractivity contribution < 1.29 is 19.0 Å². The van der Waals surface area contributed by atoms with Gasteiger partial charge in [0, 0.05) is 11.1 Å². The molecule has 4 nitrogen and oxygen atoms in total. The van der Waals surface area contributed by atoms with Gasteiger partial charge in [-0.05, 0) is 31.2 Å². The Labute approximate surface area is 125 Å². The molecule has 3 rings (SSSR count). The Kier molecular flexibility index (Phi) is 3.19. The summed E-state index contributed by atoms with van der Waals surface area (Å²) in [6.45, 7) is 1.66. The van der Waals surface area contributed by atoms with Gasteiger partial charge in [0.2, 0.25) is 0 Å². The third-order valence-electron chi connectivity index (χ3n) is 3.38. The van der Waals surface area contributed by atoms with E-state index in [-0.39, 0.29) is 17.3 Å². The Morgan fingerprint density at radius 2 is 2.24 bits per heavy atom. The van der Waals surface area contributed by atoms with Crippen molar-refractivity contribution in [2.45, 2.75) is 12.5 Å². The molecule has 1 N–H and O–H groups in total. The molecule has 6 heteroatoms. The highest BCUT2D eigenvalue weighted by Gasteiger charge is 2.37. The van der Waals surface area contributed by atoms with Crippen molar-refractivity contribution in [3.8, 4) is 17.0 Å². The first-order chi connectivity index (χ1) is 9.92. The normalized spacial score (nSPS) is 20.0. The van der Waals surface area contributed by atoms with Gasteiger partial charge >= 0.3 is 0 Å². The zero-order chi connectivity index (χ0) is 15.2. The third kappa shape index (κ3) is 2.28. The van der Waals surface area contributed by atoms with Crippen LogP contribution in [0.3, 0.4) is 0 Å². The second-order valence-corrected chi connectivity index (χ2v) is 5.49. The van der Waals surface area contributed by atoms with Gasteiger partial charge in [-0.25, -0.2) is 9.37 Å². The van der Waals surface area contributed by atoms with E-state index in [1.807, 2.05) is 0 Å². The predicted octanol–water partition coefficient (Wildman–Crippen LogP) is 2.95. The van der Waals surface area contributed by atoms with Crippen LogP contribution in [0.1, 0.15) is 23.0 Å². The number of hydrogen-bond acceptors (Lipinski definition) is 4. The number of aromatic nitrogens is 1. The zero-order valence-electron chi connectivity index (χ0n) is 11.1. The van der Waals surface area contributed by atoms with E-state index in [0.717, 1.165) is 0 Å². The summed E-state index contributed by atoms with van der Waals surface area (Å²) in [6, 6.07) is 5.61. The van der Waals surface area contributed by atoms with Crippen molar-refractivity contribution in [2.75, 3.05) is 6.61 Å². The number of halogens is 2. The Morgan fingerprint density at radius 3 is 2.90 bits per heavy atom. The summed E-state index contributed by atoms with van der Waals surface area (Å²) in [5, 5.41) is 10.2. The molecule has 1 unspecified atom stereocenters. The van der Waals surface area contributed by atoms with Crippen LogP contribution in [0, 0.1) is 5.82 Å². The van der Waals surface area contributed by atoms with Crippen LogP contribution in [-0.4, -0.2) is 23.0 Å². The molecule has 0 saturated heterocycles. The van der Waals surface area contributed by atoms with Gasteiger partial charge < -0.3 is 9.84 Å². The number of aliphatic hydroxyl groups is 1. The monoisotopic (exact) mass is 307 g/mol. The molecule has 21 heavy (non-hydrogen) atoms. The summed E-state index contributed by atoms with van der Waals surface area (Å²) in [7, 11) is 0. The van der Waals surface area contributed by atoms with Gasteiger partial charge in [0.1, 0.15) is 29.4 Å². The van der Waals surface area contributed by atoms with Crippen molar-refractivity contribution in [3.63, 3.8) is 0 Å². The second kappa shape index (κ2) is 4.79. The predicted molar refractivity (Wildman–Crippen MR) is 75.1 cm³/mol. The maximum atomic E-state index is 13.3. The molecule has 2 aromatic rings. The Hall–Kier alpha value is -1.98. The highest BCUT2D eigenvalue weighted by atomic mass is 35.5. The van der Waals surface area contributed by atoms with Gasteiger partial charge in [-0.1, -0.05) is 11.6 Å². The molecule has 1 aromatic heterocycles. The molecular weight excluding hydrogens is 297 g/mol. The number of rotatable bonds is 2. The molecule has 0 aliphatic carbocycles. The lowest BCUT2D eigenvalue weighted by Crippen LogP contribution is -2.22. The quantitative estimate of drug-likeness (QED) is 0.867. The van der Waals surface area contributed by atoms with E-state index in [1.54, 1.807) is 6.92 Å².